The lowest BCUT2D eigenvalue weighted by Gasteiger charge is -2.42. The second-order valence-corrected chi connectivity index (χ2v) is 10.2. The molecule has 3 amide bonds. The highest BCUT2D eigenvalue weighted by Gasteiger charge is 2.43. The van der Waals surface area contributed by atoms with Gasteiger partial charge in [0.2, 0.25) is 6.41 Å². The number of pyridine rings is 1. The van der Waals surface area contributed by atoms with Gasteiger partial charge in [-0.25, -0.2) is 23.4 Å². The number of hydrazine groups is 1. The molecule has 1 saturated heterocycles. The first-order valence-corrected chi connectivity index (χ1v) is 14.0. The zero-order valence-corrected chi connectivity index (χ0v) is 23.9. The number of nitrogens with one attached hydrogen (secondary N) is 1. The summed E-state index contributed by atoms with van der Waals surface area (Å²) in [5.74, 6) is -2.82. The third-order valence-electron chi connectivity index (χ3n) is 7.48. The first kappa shape index (κ1) is 31.5. The van der Waals surface area contributed by atoms with Crippen LogP contribution in [0.2, 0.25) is 0 Å². The number of amides is 3. The molecule has 0 spiro atoms. The predicted molar refractivity (Wildman–Crippen MR) is 150 cm³/mol. The largest absolute Gasteiger partial charge is 0.461 e. The number of piperidine rings is 1. The summed E-state index contributed by atoms with van der Waals surface area (Å²) in [4.78, 5) is 45.9. The second-order valence-electron chi connectivity index (χ2n) is 10.2. The predicted octanol–water partition coefficient (Wildman–Crippen LogP) is 3.43. The second kappa shape index (κ2) is 15.2. The number of hydrogen-bond acceptors (Lipinski definition) is 8. The zero-order chi connectivity index (χ0) is 30.8. The van der Waals surface area contributed by atoms with Crippen LogP contribution in [0.4, 0.5) is 13.6 Å². The number of halogens is 2. The van der Waals surface area contributed by atoms with Gasteiger partial charge in [0.25, 0.3) is 0 Å². The van der Waals surface area contributed by atoms with Crippen molar-refractivity contribution in [2.45, 2.75) is 37.6 Å². The van der Waals surface area contributed by atoms with Crippen molar-refractivity contribution in [2.75, 3.05) is 46.5 Å². The van der Waals surface area contributed by atoms with Crippen molar-refractivity contribution in [2.24, 2.45) is 0 Å². The standard InChI is InChI=1S/C30H34F2N6O5/c1-42-19-26-27(29(40)43-17-4-11-33)28(22-7-8-23(31)24(32)18-22)38(30(41)35-26)37(20-39)14-5-13-36-15-9-21(10-16-36)25-6-2-3-12-34-25/h2-3,6-8,12,18,20-21,28H,4-5,9-10,13-17,19H2,1H3,(H,35,41). The number of carbonyl (C=O) groups is 3. The van der Waals surface area contributed by atoms with E-state index >= 15 is 0 Å². The molecule has 1 unspecified atom stereocenters. The van der Waals surface area contributed by atoms with Gasteiger partial charge in [0.1, 0.15) is 12.6 Å². The fraction of sp³-hybridized carbons (Fsp3) is 0.433. The van der Waals surface area contributed by atoms with Gasteiger partial charge in [0.15, 0.2) is 11.6 Å². The van der Waals surface area contributed by atoms with E-state index in [1.807, 2.05) is 24.3 Å². The number of nitrogens with zero attached hydrogens (tertiary/aromatic N) is 5. The average molecular weight is 597 g/mol. The van der Waals surface area contributed by atoms with Crippen LogP contribution in [0.25, 0.3) is 0 Å². The maximum absolute atomic E-state index is 14.4. The van der Waals surface area contributed by atoms with Crippen LogP contribution in [-0.4, -0.2) is 84.8 Å². The minimum atomic E-state index is -1.34. The van der Waals surface area contributed by atoms with Gasteiger partial charge in [-0.3, -0.25) is 14.8 Å². The number of ether oxygens (including phenoxy) is 2. The number of benzene rings is 1. The highest BCUT2D eigenvalue weighted by atomic mass is 19.2. The van der Waals surface area contributed by atoms with Gasteiger partial charge in [0, 0.05) is 31.5 Å². The van der Waals surface area contributed by atoms with E-state index in [0.717, 1.165) is 53.8 Å². The fourth-order valence-electron chi connectivity index (χ4n) is 5.41. The molecule has 2 aromatic rings. The number of hydrogen-bond donors (Lipinski definition) is 1. The number of nitriles is 1. The topological polar surface area (TPSA) is 128 Å². The van der Waals surface area contributed by atoms with Crippen molar-refractivity contribution in [3.63, 3.8) is 0 Å². The molecule has 0 bridgehead atoms. The highest BCUT2D eigenvalue weighted by molar-refractivity contribution is 5.95. The molecule has 43 heavy (non-hydrogen) atoms. The maximum Gasteiger partial charge on any atom is 0.341 e. The molecule has 0 aliphatic carbocycles. The lowest BCUT2D eigenvalue weighted by molar-refractivity contribution is -0.143. The van der Waals surface area contributed by atoms with Crippen molar-refractivity contribution in [1.82, 2.24) is 25.2 Å². The van der Waals surface area contributed by atoms with Crippen molar-refractivity contribution in [3.05, 3.63) is 76.8 Å². The Kier molecular flexibility index (Phi) is 11.1. The number of urea groups is 1. The molecule has 2 aliphatic heterocycles. The monoisotopic (exact) mass is 596 g/mol. The van der Waals surface area contributed by atoms with E-state index in [1.165, 1.54) is 13.2 Å². The Morgan fingerprint density at radius 1 is 1.23 bits per heavy atom. The van der Waals surface area contributed by atoms with Gasteiger partial charge in [0.05, 0.1) is 30.4 Å². The van der Waals surface area contributed by atoms with Gasteiger partial charge < -0.3 is 19.7 Å². The molecule has 3 heterocycles. The smallest absolute Gasteiger partial charge is 0.341 e. The Balaban J connectivity index is 1.54. The van der Waals surface area contributed by atoms with E-state index in [0.29, 0.717) is 25.3 Å². The molecule has 4 rings (SSSR count). The summed E-state index contributed by atoms with van der Waals surface area (Å²) in [6.45, 7) is 2.02. The molecular formula is C30H34F2N6O5. The molecule has 1 aromatic carbocycles. The van der Waals surface area contributed by atoms with Gasteiger partial charge in [-0.2, -0.15) is 5.26 Å². The minimum absolute atomic E-state index is 0.0398. The van der Waals surface area contributed by atoms with E-state index in [-0.39, 0.29) is 43.0 Å². The third kappa shape index (κ3) is 7.71. The summed E-state index contributed by atoms with van der Waals surface area (Å²) >= 11 is 0. The van der Waals surface area contributed by atoms with Crippen LogP contribution < -0.4 is 5.32 Å². The number of rotatable bonds is 13. The van der Waals surface area contributed by atoms with E-state index in [2.05, 4.69) is 15.2 Å². The first-order chi connectivity index (χ1) is 20.9. The molecule has 0 radical (unpaired) electrons. The van der Waals surface area contributed by atoms with Crippen LogP contribution in [0.5, 0.6) is 0 Å². The van der Waals surface area contributed by atoms with Gasteiger partial charge in [-0.15, -0.1) is 0 Å². The van der Waals surface area contributed by atoms with Crippen LogP contribution in [0.15, 0.2) is 53.9 Å². The van der Waals surface area contributed by atoms with Crippen LogP contribution in [0.1, 0.15) is 48.9 Å². The molecule has 228 valence electrons. The molecule has 1 aromatic heterocycles. The van der Waals surface area contributed by atoms with Crippen molar-refractivity contribution in [3.8, 4) is 6.07 Å². The lowest BCUT2D eigenvalue weighted by atomic mass is 9.93. The van der Waals surface area contributed by atoms with Gasteiger partial charge in [-0.05, 0) is 68.7 Å². The Labute approximate surface area is 248 Å². The quantitative estimate of drug-likeness (QED) is 0.212. The van der Waals surface area contributed by atoms with Crippen LogP contribution in [0, 0.1) is 23.0 Å². The van der Waals surface area contributed by atoms with Crippen molar-refractivity contribution >= 4 is 18.4 Å². The SMILES string of the molecule is COCC1=C(C(=O)OCCC#N)C(c2ccc(F)c(F)c2)N(N(C=O)CCCN2CCC(c3ccccn3)CC2)C(=O)N1. The Bertz CT molecular complexity index is 1360. The summed E-state index contributed by atoms with van der Waals surface area (Å²) in [5, 5.41) is 13.6. The molecule has 1 atom stereocenters. The zero-order valence-electron chi connectivity index (χ0n) is 23.9. The van der Waals surface area contributed by atoms with Crippen molar-refractivity contribution in [1.29, 1.82) is 5.26 Å². The number of aromatic nitrogens is 1. The summed E-state index contributed by atoms with van der Waals surface area (Å²) in [6, 6.07) is 8.66. The summed E-state index contributed by atoms with van der Waals surface area (Å²) in [7, 11) is 1.35. The summed E-state index contributed by atoms with van der Waals surface area (Å²) in [5.41, 5.74) is 1.03. The molecule has 11 nitrogen and oxygen atoms in total. The Morgan fingerprint density at radius 3 is 2.67 bits per heavy atom. The van der Waals surface area contributed by atoms with Gasteiger partial charge >= 0.3 is 12.0 Å². The van der Waals surface area contributed by atoms with Crippen LogP contribution in [0.3, 0.4) is 0 Å². The molecule has 2 aliphatic rings. The average Bonchev–Trinajstić information content (AvgIpc) is 3.02. The fourth-order valence-corrected chi connectivity index (χ4v) is 5.41. The molecule has 0 saturated carbocycles. The Morgan fingerprint density at radius 2 is 2.02 bits per heavy atom. The number of esters is 1. The number of methoxy groups -OCH3 is 1. The first-order valence-electron chi connectivity index (χ1n) is 14.0. The molecule has 13 heteroatoms. The van der Waals surface area contributed by atoms with Crippen molar-refractivity contribution < 1.29 is 32.6 Å². The summed E-state index contributed by atoms with van der Waals surface area (Å²) < 4.78 is 38.8. The van der Waals surface area contributed by atoms with Gasteiger partial charge in [-0.1, -0.05) is 12.1 Å². The van der Waals surface area contributed by atoms with E-state index in [1.54, 1.807) is 6.20 Å². The molecular weight excluding hydrogens is 562 g/mol. The summed E-state index contributed by atoms with van der Waals surface area (Å²) in [6.07, 6.45) is 4.57. The van der Waals surface area contributed by atoms with E-state index in [4.69, 9.17) is 14.7 Å². The van der Waals surface area contributed by atoms with E-state index in [9.17, 15) is 23.2 Å². The maximum atomic E-state index is 14.4. The highest BCUT2D eigenvalue weighted by Crippen LogP contribution is 2.36. The number of likely N-dealkylation sites (tertiary alicyclic amines) is 1. The number of carbonyl (C=O) groups excluding carboxylic acids is 3. The molecule has 1 fully saturated rings. The Hall–Kier alpha value is -4.41. The lowest BCUT2D eigenvalue weighted by Crippen LogP contribution is -2.57. The third-order valence-corrected chi connectivity index (χ3v) is 7.48. The van der Waals surface area contributed by atoms with Crippen LogP contribution >= 0.6 is 0 Å². The molecule has 1 N–H and O–H groups in total. The normalized spacial score (nSPS) is 17.8. The van der Waals surface area contributed by atoms with Crippen LogP contribution in [-0.2, 0) is 19.1 Å². The van der Waals surface area contributed by atoms with E-state index < -0.39 is 29.7 Å². The minimum Gasteiger partial charge on any atom is -0.461 e.